The quantitative estimate of drug-likeness (QED) is 0.890. The molecule has 0 saturated carbocycles. The average Bonchev–Trinajstić information content (AvgIpc) is 2.18. The van der Waals surface area contributed by atoms with Gasteiger partial charge < -0.3 is 5.32 Å². The average molecular weight is 288 g/mol. The van der Waals surface area contributed by atoms with Crippen molar-refractivity contribution in [2.24, 2.45) is 0 Å². The molecular weight excluding hydrogens is 269 g/mol. The van der Waals surface area contributed by atoms with Crippen LogP contribution in [0.4, 0.5) is 4.39 Å². The van der Waals surface area contributed by atoms with Crippen LogP contribution in [0.1, 0.15) is 26.3 Å². The van der Waals surface area contributed by atoms with E-state index in [4.69, 9.17) is 0 Å². The van der Waals surface area contributed by atoms with Crippen LogP contribution in [0.25, 0.3) is 0 Å². The first-order valence-electron chi connectivity index (χ1n) is 5.50. The Morgan fingerprint density at radius 3 is 2.31 bits per heavy atom. The normalized spacial score (nSPS) is 13.8. The number of benzene rings is 1. The molecule has 0 fully saturated rings. The molecule has 0 amide bonds. The first-order chi connectivity index (χ1) is 7.37. The lowest BCUT2D eigenvalue weighted by Gasteiger charge is -2.22. The summed E-state index contributed by atoms with van der Waals surface area (Å²) in [6, 6.07) is 7.79. The third-order valence-corrected chi connectivity index (χ3v) is 2.75. The molecule has 16 heavy (non-hydrogen) atoms. The fourth-order valence-corrected chi connectivity index (χ4v) is 1.63. The second-order valence-electron chi connectivity index (χ2n) is 5.06. The highest BCUT2D eigenvalue weighted by Gasteiger charge is 2.13. The SMILES string of the molecule is CC(C)(C)NCC(F)Cc1ccc(Br)cc1. The fourth-order valence-electron chi connectivity index (χ4n) is 1.37. The van der Waals surface area contributed by atoms with Gasteiger partial charge >= 0.3 is 0 Å². The second-order valence-corrected chi connectivity index (χ2v) is 5.97. The van der Waals surface area contributed by atoms with Gasteiger partial charge in [0, 0.05) is 23.0 Å². The topological polar surface area (TPSA) is 12.0 Å². The van der Waals surface area contributed by atoms with Crippen molar-refractivity contribution >= 4 is 15.9 Å². The summed E-state index contributed by atoms with van der Waals surface area (Å²) in [6.07, 6.45) is -0.364. The van der Waals surface area contributed by atoms with E-state index in [1.165, 1.54) is 0 Å². The predicted octanol–water partition coefficient (Wildman–Crippen LogP) is 3.72. The number of hydrogen-bond donors (Lipinski definition) is 1. The molecule has 0 aliphatic heterocycles. The standard InChI is InChI=1S/C13H19BrFN/c1-13(2,3)16-9-12(15)8-10-4-6-11(14)7-5-10/h4-7,12,16H,8-9H2,1-3H3. The van der Waals surface area contributed by atoms with Gasteiger partial charge in [-0.3, -0.25) is 0 Å². The van der Waals surface area contributed by atoms with Crippen molar-refractivity contribution in [3.8, 4) is 0 Å². The van der Waals surface area contributed by atoms with Crippen LogP contribution in [-0.4, -0.2) is 18.3 Å². The smallest absolute Gasteiger partial charge is 0.117 e. The molecule has 1 aromatic rings. The highest BCUT2D eigenvalue weighted by atomic mass is 79.9. The zero-order chi connectivity index (χ0) is 12.2. The van der Waals surface area contributed by atoms with Gasteiger partial charge in [0.1, 0.15) is 6.17 Å². The first-order valence-corrected chi connectivity index (χ1v) is 6.30. The lowest BCUT2D eigenvalue weighted by atomic mass is 10.1. The molecule has 0 spiro atoms. The monoisotopic (exact) mass is 287 g/mol. The number of rotatable bonds is 4. The third-order valence-electron chi connectivity index (χ3n) is 2.22. The lowest BCUT2D eigenvalue weighted by Crippen LogP contribution is -2.40. The molecule has 0 saturated heterocycles. The van der Waals surface area contributed by atoms with E-state index in [1.54, 1.807) is 0 Å². The molecule has 0 bridgehead atoms. The van der Waals surface area contributed by atoms with Crippen molar-refractivity contribution < 1.29 is 4.39 Å². The van der Waals surface area contributed by atoms with Gasteiger partial charge in [-0.2, -0.15) is 0 Å². The highest BCUT2D eigenvalue weighted by Crippen LogP contribution is 2.13. The number of halogens is 2. The molecule has 3 heteroatoms. The van der Waals surface area contributed by atoms with E-state index < -0.39 is 6.17 Å². The summed E-state index contributed by atoms with van der Waals surface area (Å²) in [5, 5.41) is 3.17. The predicted molar refractivity (Wildman–Crippen MR) is 70.5 cm³/mol. The zero-order valence-electron chi connectivity index (χ0n) is 10.1. The Kier molecular flexibility index (Phi) is 4.93. The van der Waals surface area contributed by atoms with Crippen LogP contribution in [0.2, 0.25) is 0 Å². The maximum atomic E-state index is 13.6. The molecule has 1 atom stereocenters. The number of hydrogen-bond acceptors (Lipinski definition) is 1. The van der Waals surface area contributed by atoms with E-state index in [0.717, 1.165) is 10.0 Å². The van der Waals surface area contributed by atoms with E-state index in [0.29, 0.717) is 13.0 Å². The van der Waals surface area contributed by atoms with Crippen molar-refractivity contribution in [1.29, 1.82) is 0 Å². The molecule has 90 valence electrons. The second kappa shape index (κ2) is 5.78. The van der Waals surface area contributed by atoms with Crippen LogP contribution in [0.15, 0.2) is 28.7 Å². The highest BCUT2D eigenvalue weighted by molar-refractivity contribution is 9.10. The third kappa shape index (κ3) is 5.61. The van der Waals surface area contributed by atoms with Crippen molar-refractivity contribution in [3.63, 3.8) is 0 Å². The van der Waals surface area contributed by atoms with Gasteiger partial charge in [-0.25, -0.2) is 4.39 Å². The first kappa shape index (κ1) is 13.7. The molecule has 1 nitrogen and oxygen atoms in total. The Balaban J connectivity index is 2.39. The number of alkyl halides is 1. The Labute approximate surface area is 106 Å². The van der Waals surface area contributed by atoms with Crippen LogP contribution in [0, 0.1) is 0 Å². The van der Waals surface area contributed by atoms with Crippen molar-refractivity contribution in [2.75, 3.05) is 6.54 Å². The molecule has 1 aromatic carbocycles. The zero-order valence-corrected chi connectivity index (χ0v) is 11.6. The minimum atomic E-state index is -0.833. The summed E-state index contributed by atoms with van der Waals surface area (Å²) >= 11 is 3.36. The van der Waals surface area contributed by atoms with Crippen LogP contribution < -0.4 is 5.32 Å². The molecule has 1 rings (SSSR count). The van der Waals surface area contributed by atoms with Gasteiger partial charge in [-0.1, -0.05) is 28.1 Å². The van der Waals surface area contributed by atoms with Crippen LogP contribution in [0.3, 0.4) is 0 Å². The van der Waals surface area contributed by atoms with E-state index in [1.807, 2.05) is 45.0 Å². The molecule has 0 radical (unpaired) electrons. The Morgan fingerprint density at radius 1 is 1.25 bits per heavy atom. The summed E-state index contributed by atoms with van der Waals surface area (Å²) in [5.41, 5.74) is 1.01. The Hall–Kier alpha value is -0.410. The van der Waals surface area contributed by atoms with Crippen LogP contribution in [-0.2, 0) is 6.42 Å². The van der Waals surface area contributed by atoms with Gasteiger partial charge in [0.2, 0.25) is 0 Å². The van der Waals surface area contributed by atoms with Crippen molar-refractivity contribution in [2.45, 2.75) is 38.9 Å². The van der Waals surface area contributed by atoms with E-state index in [2.05, 4.69) is 21.2 Å². The van der Waals surface area contributed by atoms with E-state index >= 15 is 0 Å². The molecule has 0 aromatic heterocycles. The minimum absolute atomic E-state index is 0.0238. The Morgan fingerprint density at radius 2 is 1.81 bits per heavy atom. The fraction of sp³-hybridized carbons (Fsp3) is 0.538. The van der Waals surface area contributed by atoms with Crippen LogP contribution >= 0.6 is 15.9 Å². The van der Waals surface area contributed by atoms with Gasteiger partial charge in [0.05, 0.1) is 0 Å². The van der Waals surface area contributed by atoms with Crippen molar-refractivity contribution in [1.82, 2.24) is 5.32 Å². The summed E-state index contributed by atoms with van der Waals surface area (Å²) in [7, 11) is 0. The largest absolute Gasteiger partial charge is 0.309 e. The summed E-state index contributed by atoms with van der Waals surface area (Å²) in [6.45, 7) is 6.53. The Bertz CT molecular complexity index is 316. The van der Waals surface area contributed by atoms with E-state index in [-0.39, 0.29) is 5.54 Å². The van der Waals surface area contributed by atoms with Gasteiger partial charge in [0.25, 0.3) is 0 Å². The van der Waals surface area contributed by atoms with E-state index in [9.17, 15) is 4.39 Å². The van der Waals surface area contributed by atoms with Crippen LogP contribution in [0.5, 0.6) is 0 Å². The van der Waals surface area contributed by atoms with Gasteiger partial charge in [-0.05, 0) is 38.5 Å². The molecule has 1 N–H and O–H groups in total. The lowest BCUT2D eigenvalue weighted by molar-refractivity contribution is 0.284. The molecular formula is C13H19BrFN. The summed E-state index contributed by atoms with van der Waals surface area (Å²) in [4.78, 5) is 0. The molecule has 0 heterocycles. The molecule has 0 aliphatic rings. The summed E-state index contributed by atoms with van der Waals surface area (Å²) < 4.78 is 14.7. The maximum Gasteiger partial charge on any atom is 0.117 e. The van der Waals surface area contributed by atoms with Crippen molar-refractivity contribution in [3.05, 3.63) is 34.3 Å². The molecule has 0 aliphatic carbocycles. The minimum Gasteiger partial charge on any atom is -0.309 e. The maximum absolute atomic E-state index is 13.6. The molecule has 1 unspecified atom stereocenters. The number of nitrogens with one attached hydrogen (secondary N) is 1. The van der Waals surface area contributed by atoms with Gasteiger partial charge in [0.15, 0.2) is 0 Å². The summed E-state index contributed by atoms with van der Waals surface area (Å²) in [5.74, 6) is 0. The van der Waals surface area contributed by atoms with Gasteiger partial charge in [-0.15, -0.1) is 0 Å².